The molecular formula is C17H17ClFNO4S. The van der Waals surface area contributed by atoms with E-state index in [-0.39, 0.29) is 22.1 Å². The first-order chi connectivity index (χ1) is 11.6. The molecule has 2 rings (SSSR count). The molecule has 0 fully saturated rings. The Balaban J connectivity index is 2.24. The molecule has 8 heteroatoms. The third-order valence-corrected chi connectivity index (χ3v) is 5.74. The van der Waals surface area contributed by atoms with E-state index in [9.17, 15) is 17.6 Å². The molecule has 0 radical (unpaired) electrons. The van der Waals surface area contributed by atoms with Crippen molar-refractivity contribution in [3.63, 3.8) is 0 Å². The maximum Gasteiger partial charge on any atom is 0.338 e. The lowest BCUT2D eigenvalue weighted by molar-refractivity contribution is 0.0471. The number of ether oxygens (including phenoxy) is 1. The van der Waals surface area contributed by atoms with Gasteiger partial charge in [0.2, 0.25) is 10.0 Å². The Kier molecular flexibility index (Phi) is 5.82. The van der Waals surface area contributed by atoms with Crippen LogP contribution >= 0.6 is 11.6 Å². The minimum absolute atomic E-state index is 0.00476. The number of carbonyl (C=O) groups is 1. The molecule has 0 aliphatic carbocycles. The van der Waals surface area contributed by atoms with Crippen molar-refractivity contribution in [1.29, 1.82) is 0 Å². The van der Waals surface area contributed by atoms with Crippen molar-refractivity contribution in [1.82, 2.24) is 4.31 Å². The van der Waals surface area contributed by atoms with Crippen molar-refractivity contribution in [2.75, 3.05) is 14.1 Å². The molecule has 5 nitrogen and oxygen atoms in total. The van der Waals surface area contributed by atoms with Gasteiger partial charge < -0.3 is 4.74 Å². The van der Waals surface area contributed by atoms with Gasteiger partial charge in [-0.3, -0.25) is 0 Å². The zero-order valence-corrected chi connectivity index (χ0v) is 15.5. The molecule has 0 N–H and O–H groups in total. The van der Waals surface area contributed by atoms with Gasteiger partial charge in [-0.25, -0.2) is 21.9 Å². The number of rotatable bonds is 5. The second-order valence-electron chi connectivity index (χ2n) is 5.58. The summed E-state index contributed by atoms with van der Waals surface area (Å²) in [5.41, 5.74) is 1.17. The van der Waals surface area contributed by atoms with E-state index in [4.69, 9.17) is 16.3 Å². The van der Waals surface area contributed by atoms with Crippen LogP contribution in [0.5, 0.6) is 0 Å². The van der Waals surface area contributed by atoms with E-state index in [1.165, 1.54) is 44.4 Å². The molecule has 0 saturated heterocycles. The summed E-state index contributed by atoms with van der Waals surface area (Å²) in [6, 6.07) is 8.00. The zero-order chi connectivity index (χ0) is 18.8. The van der Waals surface area contributed by atoms with Crippen LogP contribution in [0.15, 0.2) is 41.3 Å². The molecule has 2 aromatic rings. The molecule has 0 spiro atoms. The Bertz CT molecular complexity index is 913. The Hall–Kier alpha value is -1.96. The fourth-order valence-corrected chi connectivity index (χ4v) is 3.20. The van der Waals surface area contributed by atoms with Gasteiger partial charge in [-0.1, -0.05) is 23.7 Å². The maximum atomic E-state index is 13.0. The summed E-state index contributed by atoms with van der Waals surface area (Å²) in [6.07, 6.45) is 0. The fraction of sp³-hybridized carbons (Fsp3) is 0.235. The van der Waals surface area contributed by atoms with Crippen molar-refractivity contribution in [2.45, 2.75) is 18.4 Å². The normalized spacial score (nSPS) is 11.6. The average molecular weight is 386 g/mol. The smallest absolute Gasteiger partial charge is 0.338 e. The van der Waals surface area contributed by atoms with Crippen LogP contribution in [0, 0.1) is 12.7 Å². The predicted molar refractivity (Wildman–Crippen MR) is 92.6 cm³/mol. The lowest BCUT2D eigenvalue weighted by Crippen LogP contribution is -2.22. The van der Waals surface area contributed by atoms with Crippen molar-refractivity contribution in [2.24, 2.45) is 0 Å². The molecule has 0 amide bonds. The summed E-state index contributed by atoms with van der Waals surface area (Å²) in [7, 11) is -0.853. The maximum absolute atomic E-state index is 13.0. The molecule has 2 aromatic carbocycles. The van der Waals surface area contributed by atoms with Gasteiger partial charge in [0.25, 0.3) is 0 Å². The van der Waals surface area contributed by atoms with E-state index in [0.717, 1.165) is 10.4 Å². The number of hydrogen-bond acceptors (Lipinski definition) is 4. The van der Waals surface area contributed by atoms with Gasteiger partial charge in [0.15, 0.2) is 0 Å². The van der Waals surface area contributed by atoms with E-state index in [0.29, 0.717) is 11.1 Å². The summed E-state index contributed by atoms with van der Waals surface area (Å²) in [5, 5.41) is 0.147. The highest BCUT2D eigenvalue weighted by Gasteiger charge is 2.21. The van der Waals surface area contributed by atoms with E-state index < -0.39 is 21.8 Å². The van der Waals surface area contributed by atoms with Crippen molar-refractivity contribution >= 4 is 27.6 Å². The Morgan fingerprint density at radius 1 is 1.20 bits per heavy atom. The first-order valence-electron chi connectivity index (χ1n) is 7.27. The molecule has 0 aliphatic rings. The van der Waals surface area contributed by atoms with Crippen LogP contribution in [0.1, 0.15) is 21.5 Å². The molecule has 0 aromatic heterocycles. The second kappa shape index (κ2) is 7.51. The van der Waals surface area contributed by atoms with Crippen LogP contribution in [0.2, 0.25) is 5.02 Å². The number of sulfonamides is 1. The summed E-state index contributed by atoms with van der Waals surface area (Å²) in [6.45, 7) is 1.52. The van der Waals surface area contributed by atoms with Crippen LogP contribution < -0.4 is 0 Å². The standard InChI is InChI=1S/C17H17ClFNO4S/c1-11-4-7-14(25(22,23)20(2)3)9-15(11)17(21)24-10-12-5-6-13(19)8-16(12)18/h4-9H,10H2,1-3H3. The molecule has 0 atom stereocenters. The predicted octanol–water partition coefficient (Wildman–Crippen LogP) is 3.39. The van der Waals surface area contributed by atoms with Crippen LogP contribution in [0.3, 0.4) is 0 Å². The minimum Gasteiger partial charge on any atom is -0.457 e. The summed E-state index contributed by atoms with van der Waals surface area (Å²) in [5.74, 6) is -1.17. The van der Waals surface area contributed by atoms with Crippen molar-refractivity contribution < 1.29 is 22.3 Å². The topological polar surface area (TPSA) is 63.7 Å². The molecule has 0 aliphatic heterocycles. The average Bonchev–Trinajstić information content (AvgIpc) is 2.53. The van der Waals surface area contributed by atoms with E-state index >= 15 is 0 Å². The number of hydrogen-bond donors (Lipinski definition) is 0. The van der Waals surface area contributed by atoms with E-state index in [1.54, 1.807) is 6.92 Å². The highest BCUT2D eigenvalue weighted by molar-refractivity contribution is 7.89. The van der Waals surface area contributed by atoms with Gasteiger partial charge in [-0.15, -0.1) is 0 Å². The van der Waals surface area contributed by atoms with Gasteiger partial charge in [0.1, 0.15) is 12.4 Å². The van der Waals surface area contributed by atoms with Gasteiger partial charge >= 0.3 is 5.97 Å². The molecule has 25 heavy (non-hydrogen) atoms. The fourth-order valence-electron chi connectivity index (χ4n) is 2.05. The van der Waals surface area contributed by atoms with Gasteiger partial charge in [0, 0.05) is 19.7 Å². The first kappa shape index (κ1) is 19.4. The number of esters is 1. The molecule has 0 saturated carbocycles. The molecule has 0 unspecified atom stereocenters. The largest absolute Gasteiger partial charge is 0.457 e. The number of halogens is 2. The van der Waals surface area contributed by atoms with Crippen LogP contribution in [-0.2, 0) is 21.4 Å². The van der Waals surface area contributed by atoms with Gasteiger partial charge in [0.05, 0.1) is 15.5 Å². The highest BCUT2D eigenvalue weighted by atomic mass is 35.5. The van der Waals surface area contributed by atoms with Crippen LogP contribution in [-0.4, -0.2) is 32.8 Å². The third kappa shape index (κ3) is 4.36. The van der Waals surface area contributed by atoms with Gasteiger partial charge in [-0.05, 0) is 36.8 Å². The Morgan fingerprint density at radius 3 is 2.48 bits per heavy atom. The number of nitrogens with zero attached hydrogens (tertiary/aromatic N) is 1. The second-order valence-corrected chi connectivity index (χ2v) is 8.14. The van der Waals surface area contributed by atoms with Crippen LogP contribution in [0.25, 0.3) is 0 Å². The first-order valence-corrected chi connectivity index (χ1v) is 9.09. The van der Waals surface area contributed by atoms with E-state index in [2.05, 4.69) is 0 Å². The summed E-state index contributed by atoms with van der Waals surface area (Å²) < 4.78 is 43.7. The minimum atomic E-state index is -3.67. The van der Waals surface area contributed by atoms with Crippen molar-refractivity contribution in [3.05, 3.63) is 63.9 Å². The lowest BCUT2D eigenvalue weighted by Gasteiger charge is -2.13. The molecule has 0 heterocycles. The van der Waals surface area contributed by atoms with E-state index in [1.807, 2.05) is 0 Å². The Morgan fingerprint density at radius 2 is 1.88 bits per heavy atom. The summed E-state index contributed by atoms with van der Waals surface area (Å²) >= 11 is 5.89. The zero-order valence-electron chi connectivity index (χ0n) is 13.9. The van der Waals surface area contributed by atoms with Gasteiger partial charge in [-0.2, -0.15) is 0 Å². The van der Waals surface area contributed by atoms with Crippen LogP contribution in [0.4, 0.5) is 4.39 Å². The number of benzene rings is 2. The monoisotopic (exact) mass is 385 g/mol. The number of aryl methyl sites for hydroxylation is 1. The lowest BCUT2D eigenvalue weighted by atomic mass is 10.1. The number of carbonyl (C=O) groups excluding carboxylic acids is 1. The highest BCUT2D eigenvalue weighted by Crippen LogP contribution is 2.21. The molecule has 134 valence electrons. The Labute approximate surface area is 151 Å². The molecular weight excluding hydrogens is 369 g/mol. The quantitative estimate of drug-likeness (QED) is 0.740. The third-order valence-electron chi connectivity index (χ3n) is 3.58. The summed E-state index contributed by atoms with van der Waals surface area (Å²) in [4.78, 5) is 12.3. The SMILES string of the molecule is Cc1ccc(S(=O)(=O)N(C)C)cc1C(=O)OCc1ccc(F)cc1Cl. The molecule has 0 bridgehead atoms. The van der Waals surface area contributed by atoms with Crippen molar-refractivity contribution in [3.8, 4) is 0 Å².